The van der Waals surface area contributed by atoms with Crippen LogP contribution in [0.1, 0.15) is 11.1 Å². The number of rotatable bonds is 8. The quantitative estimate of drug-likeness (QED) is 0.677. The maximum Gasteiger partial charge on any atom is 0.414 e. The molecule has 0 aromatic heterocycles. The van der Waals surface area contributed by atoms with Gasteiger partial charge in [0.15, 0.2) is 0 Å². The van der Waals surface area contributed by atoms with E-state index >= 15 is 0 Å². The Morgan fingerprint density at radius 1 is 1.14 bits per heavy atom. The summed E-state index contributed by atoms with van der Waals surface area (Å²) in [6.07, 6.45) is 0.448. The third-order valence-electron chi connectivity index (χ3n) is 4.61. The van der Waals surface area contributed by atoms with E-state index < -0.39 is 0 Å². The van der Waals surface area contributed by atoms with Crippen molar-refractivity contribution in [1.82, 2.24) is 5.23 Å². The van der Waals surface area contributed by atoms with E-state index in [1.54, 1.807) is 19.1 Å². The SMILES string of the molecule is COBNc1ccc2c(c1)N(C(=O)OCc1ccccc1)CC(NBOC)C2. The van der Waals surface area contributed by atoms with Gasteiger partial charge in [0.1, 0.15) is 6.61 Å². The maximum atomic E-state index is 12.9. The highest BCUT2D eigenvalue weighted by molar-refractivity contribution is 6.32. The summed E-state index contributed by atoms with van der Waals surface area (Å²) in [6, 6.07) is 15.7. The molecule has 1 atom stereocenters. The van der Waals surface area contributed by atoms with Gasteiger partial charge in [0.2, 0.25) is 0 Å². The number of benzene rings is 2. The molecule has 1 unspecified atom stereocenters. The standard InChI is InChI=1S/C19H25B2N3O4/c1-26-20-22-16-9-8-15-10-17(23-21-27-2)12-24(18(15)11-16)19(25)28-13-14-6-4-3-5-7-14/h3-9,11,17,20-23H,10,12-13H2,1-2H3. The summed E-state index contributed by atoms with van der Waals surface area (Å²) in [5, 5.41) is 6.48. The Balaban J connectivity index is 1.77. The molecule has 2 aromatic rings. The second-order valence-electron chi connectivity index (χ2n) is 6.64. The van der Waals surface area contributed by atoms with Gasteiger partial charge in [-0.2, -0.15) is 0 Å². The number of ether oxygens (including phenoxy) is 1. The van der Waals surface area contributed by atoms with Crippen LogP contribution in [0.25, 0.3) is 0 Å². The fourth-order valence-corrected chi connectivity index (χ4v) is 3.21. The molecule has 3 rings (SSSR count). The molecule has 1 amide bonds. The molecule has 0 spiro atoms. The molecular weight excluding hydrogens is 356 g/mol. The van der Waals surface area contributed by atoms with E-state index in [4.69, 9.17) is 14.0 Å². The van der Waals surface area contributed by atoms with Crippen LogP contribution in [0, 0.1) is 0 Å². The van der Waals surface area contributed by atoms with Crippen LogP contribution in [-0.2, 0) is 27.1 Å². The average Bonchev–Trinajstić information content (AvgIpc) is 2.74. The highest BCUT2D eigenvalue weighted by atomic mass is 16.6. The molecule has 0 saturated carbocycles. The number of nitrogens with one attached hydrogen (secondary N) is 2. The summed E-state index contributed by atoms with van der Waals surface area (Å²) in [7, 11) is 4.10. The van der Waals surface area contributed by atoms with Gasteiger partial charge < -0.3 is 24.5 Å². The molecule has 0 saturated heterocycles. The van der Waals surface area contributed by atoms with E-state index in [9.17, 15) is 4.79 Å². The van der Waals surface area contributed by atoms with Crippen molar-refractivity contribution in [3.8, 4) is 0 Å². The van der Waals surface area contributed by atoms with Crippen molar-refractivity contribution in [2.45, 2.75) is 19.1 Å². The Labute approximate surface area is 166 Å². The van der Waals surface area contributed by atoms with Gasteiger partial charge in [0, 0.05) is 32.5 Å². The van der Waals surface area contributed by atoms with Crippen LogP contribution in [0.15, 0.2) is 48.5 Å². The van der Waals surface area contributed by atoms with Gasteiger partial charge in [0.25, 0.3) is 0 Å². The number of hydrogen-bond acceptors (Lipinski definition) is 6. The summed E-state index contributed by atoms with van der Waals surface area (Å²) >= 11 is 0. The third kappa shape index (κ3) is 5.28. The van der Waals surface area contributed by atoms with Crippen molar-refractivity contribution >= 4 is 32.7 Å². The van der Waals surface area contributed by atoms with Crippen LogP contribution in [0.2, 0.25) is 0 Å². The molecule has 0 aliphatic carbocycles. The zero-order chi connectivity index (χ0) is 19.8. The average molecular weight is 381 g/mol. The molecule has 146 valence electrons. The zero-order valence-electron chi connectivity index (χ0n) is 16.3. The highest BCUT2D eigenvalue weighted by Gasteiger charge is 2.29. The first-order valence-electron chi connectivity index (χ1n) is 9.27. The van der Waals surface area contributed by atoms with E-state index in [0.717, 1.165) is 28.9 Å². The number of amides is 1. The minimum Gasteiger partial charge on any atom is -0.444 e. The molecule has 0 bridgehead atoms. The zero-order valence-corrected chi connectivity index (χ0v) is 16.3. The fraction of sp³-hybridized carbons (Fsp3) is 0.316. The third-order valence-corrected chi connectivity index (χ3v) is 4.61. The van der Waals surface area contributed by atoms with Gasteiger partial charge in [-0.25, -0.2) is 4.79 Å². The van der Waals surface area contributed by atoms with E-state index in [2.05, 4.69) is 10.5 Å². The lowest BCUT2D eigenvalue weighted by molar-refractivity contribution is 0.146. The van der Waals surface area contributed by atoms with E-state index in [0.29, 0.717) is 21.8 Å². The van der Waals surface area contributed by atoms with Crippen LogP contribution in [-0.4, -0.2) is 48.1 Å². The predicted octanol–water partition coefficient (Wildman–Crippen LogP) is 1.58. The predicted molar refractivity (Wildman–Crippen MR) is 113 cm³/mol. The minimum absolute atomic E-state index is 0.0921. The summed E-state index contributed by atoms with van der Waals surface area (Å²) in [4.78, 5) is 14.6. The number of nitrogens with zero attached hydrogens (tertiary/aromatic N) is 1. The van der Waals surface area contributed by atoms with Gasteiger partial charge in [-0.1, -0.05) is 36.4 Å². The maximum absolute atomic E-state index is 12.9. The molecule has 0 radical (unpaired) electrons. The fourth-order valence-electron chi connectivity index (χ4n) is 3.21. The van der Waals surface area contributed by atoms with Crippen molar-refractivity contribution in [1.29, 1.82) is 0 Å². The Hall–Kier alpha value is -2.48. The van der Waals surface area contributed by atoms with Gasteiger partial charge in [-0.3, -0.25) is 4.90 Å². The molecule has 2 aromatic carbocycles. The first-order chi connectivity index (χ1) is 13.7. The molecule has 9 heteroatoms. The van der Waals surface area contributed by atoms with Crippen LogP contribution < -0.4 is 15.4 Å². The van der Waals surface area contributed by atoms with Gasteiger partial charge in [-0.05, 0) is 29.7 Å². The summed E-state index contributed by atoms with van der Waals surface area (Å²) in [5.41, 5.74) is 3.79. The number of anilines is 2. The monoisotopic (exact) mass is 381 g/mol. The van der Waals surface area contributed by atoms with E-state index in [-0.39, 0.29) is 18.7 Å². The smallest absolute Gasteiger partial charge is 0.414 e. The van der Waals surface area contributed by atoms with Crippen molar-refractivity contribution < 1.29 is 18.8 Å². The first-order valence-corrected chi connectivity index (χ1v) is 9.27. The van der Waals surface area contributed by atoms with Gasteiger partial charge >= 0.3 is 21.3 Å². The van der Waals surface area contributed by atoms with Crippen molar-refractivity contribution in [2.24, 2.45) is 0 Å². The van der Waals surface area contributed by atoms with E-state index in [1.165, 1.54) is 0 Å². The van der Waals surface area contributed by atoms with Crippen molar-refractivity contribution in [2.75, 3.05) is 30.9 Å². The Kier molecular flexibility index (Phi) is 7.36. The van der Waals surface area contributed by atoms with Crippen molar-refractivity contribution in [3.05, 3.63) is 59.7 Å². The normalized spacial score (nSPS) is 15.5. The second-order valence-corrected chi connectivity index (χ2v) is 6.64. The molecule has 1 aliphatic heterocycles. The number of carbonyl (C=O) groups is 1. The van der Waals surface area contributed by atoms with Crippen LogP contribution in [0.3, 0.4) is 0 Å². The lowest BCUT2D eigenvalue weighted by Crippen LogP contribution is -2.50. The lowest BCUT2D eigenvalue weighted by atomic mass is 9.95. The molecule has 2 N–H and O–H groups in total. The molecule has 28 heavy (non-hydrogen) atoms. The van der Waals surface area contributed by atoms with Crippen LogP contribution in [0.4, 0.5) is 16.2 Å². The first kappa shape index (κ1) is 20.3. The summed E-state index contributed by atoms with van der Waals surface area (Å²) in [6.45, 7) is 0.751. The summed E-state index contributed by atoms with van der Waals surface area (Å²) in [5.74, 6) is 0. The molecular formula is C19H25B2N3O4. The molecule has 0 fully saturated rings. The minimum atomic E-state index is -0.363. The largest absolute Gasteiger partial charge is 0.444 e. The van der Waals surface area contributed by atoms with E-state index in [1.807, 2.05) is 48.5 Å². The number of hydrogen-bond donors (Lipinski definition) is 2. The Bertz CT molecular complexity index is 779. The van der Waals surface area contributed by atoms with Crippen molar-refractivity contribution in [3.63, 3.8) is 0 Å². The Morgan fingerprint density at radius 2 is 1.93 bits per heavy atom. The van der Waals surface area contributed by atoms with Crippen LogP contribution >= 0.6 is 0 Å². The summed E-state index contributed by atoms with van der Waals surface area (Å²) < 4.78 is 15.8. The second kappa shape index (κ2) is 10.2. The molecule has 1 aliphatic rings. The number of fused-ring (bicyclic) bond motifs is 1. The number of carbonyl (C=O) groups excluding carboxylic acids is 1. The molecule has 7 nitrogen and oxygen atoms in total. The highest BCUT2D eigenvalue weighted by Crippen LogP contribution is 2.31. The van der Waals surface area contributed by atoms with Gasteiger partial charge in [0.05, 0.1) is 5.69 Å². The Morgan fingerprint density at radius 3 is 2.68 bits per heavy atom. The van der Waals surface area contributed by atoms with Gasteiger partial charge in [-0.15, -0.1) is 0 Å². The molecule has 1 heterocycles. The van der Waals surface area contributed by atoms with Crippen LogP contribution in [0.5, 0.6) is 0 Å². The topological polar surface area (TPSA) is 72.1 Å². The lowest BCUT2D eigenvalue weighted by Gasteiger charge is -2.34.